The zero-order valence-electron chi connectivity index (χ0n) is 16.9. The van der Waals surface area contributed by atoms with Crippen LogP contribution in [-0.4, -0.2) is 43.0 Å². The molecule has 1 N–H and O–H groups in total. The lowest BCUT2D eigenvalue weighted by Gasteiger charge is -2.23. The first-order valence-corrected chi connectivity index (χ1v) is 11.5. The second-order valence-corrected chi connectivity index (χ2v) is 9.44. The third kappa shape index (κ3) is 4.16. The van der Waals surface area contributed by atoms with Gasteiger partial charge >= 0.3 is 0 Å². The molecule has 0 fully saturated rings. The summed E-state index contributed by atoms with van der Waals surface area (Å²) >= 11 is 0. The smallest absolute Gasteiger partial charge is 0.258 e. The molecule has 8 heteroatoms. The van der Waals surface area contributed by atoms with Crippen LogP contribution in [0.4, 0.5) is 0 Å². The molecule has 3 aromatic rings. The van der Waals surface area contributed by atoms with Gasteiger partial charge in [0.05, 0.1) is 29.0 Å². The third-order valence-electron chi connectivity index (χ3n) is 5.49. The molecule has 7 nitrogen and oxygen atoms in total. The van der Waals surface area contributed by atoms with Crippen LogP contribution >= 0.6 is 0 Å². The van der Waals surface area contributed by atoms with Gasteiger partial charge in [-0.05, 0) is 61.1 Å². The Morgan fingerprint density at radius 2 is 1.87 bits per heavy atom. The van der Waals surface area contributed by atoms with Crippen molar-refractivity contribution in [2.75, 3.05) is 20.3 Å². The van der Waals surface area contributed by atoms with E-state index in [4.69, 9.17) is 4.74 Å². The monoisotopic (exact) mass is 427 g/mol. The minimum atomic E-state index is -3.78. The maximum absolute atomic E-state index is 13.4. The van der Waals surface area contributed by atoms with Crippen molar-refractivity contribution in [2.45, 2.75) is 37.1 Å². The number of hydrogen-bond donors (Lipinski definition) is 1. The fourth-order valence-electron chi connectivity index (χ4n) is 3.87. The van der Waals surface area contributed by atoms with Gasteiger partial charge in [0.25, 0.3) is 5.56 Å². The molecule has 0 spiro atoms. The van der Waals surface area contributed by atoms with Gasteiger partial charge in [0.1, 0.15) is 5.82 Å². The summed E-state index contributed by atoms with van der Waals surface area (Å²) in [6.45, 7) is 0.358. The SMILES string of the molecule is COCCN(Cc1nc2ccccc2c(=O)[nH]1)S(=O)(=O)c1ccc2c(c1)CCCC2. The first-order chi connectivity index (χ1) is 14.5. The van der Waals surface area contributed by atoms with E-state index in [0.717, 1.165) is 31.2 Å². The molecule has 1 aliphatic rings. The number of fused-ring (bicyclic) bond motifs is 2. The number of para-hydroxylation sites is 1. The molecular formula is C22H25N3O4S. The van der Waals surface area contributed by atoms with Crippen LogP contribution in [0.25, 0.3) is 10.9 Å². The molecule has 0 unspecified atom stereocenters. The Balaban J connectivity index is 1.69. The normalized spacial score (nSPS) is 14.2. The van der Waals surface area contributed by atoms with E-state index in [-0.39, 0.29) is 30.2 Å². The summed E-state index contributed by atoms with van der Waals surface area (Å²) < 4.78 is 33.3. The zero-order valence-corrected chi connectivity index (χ0v) is 17.7. The van der Waals surface area contributed by atoms with E-state index in [1.165, 1.54) is 17.0 Å². The number of H-pyrrole nitrogens is 1. The van der Waals surface area contributed by atoms with Gasteiger partial charge in [-0.2, -0.15) is 4.31 Å². The summed E-state index contributed by atoms with van der Waals surface area (Å²) in [5.74, 6) is 0.302. The number of aryl methyl sites for hydroxylation is 2. The summed E-state index contributed by atoms with van der Waals surface area (Å²) in [6.07, 6.45) is 4.10. The second kappa shape index (κ2) is 8.67. The highest BCUT2D eigenvalue weighted by Gasteiger charge is 2.26. The number of nitrogens with zero attached hydrogens (tertiary/aromatic N) is 2. The largest absolute Gasteiger partial charge is 0.383 e. The van der Waals surface area contributed by atoms with E-state index >= 15 is 0 Å². The minimum Gasteiger partial charge on any atom is -0.383 e. The fourth-order valence-corrected chi connectivity index (χ4v) is 5.31. The molecule has 0 saturated heterocycles. The Bertz CT molecular complexity index is 1220. The van der Waals surface area contributed by atoms with Crippen LogP contribution in [0.15, 0.2) is 52.2 Å². The average Bonchev–Trinajstić information content (AvgIpc) is 2.76. The third-order valence-corrected chi connectivity index (χ3v) is 7.33. The van der Waals surface area contributed by atoms with E-state index in [1.54, 1.807) is 36.4 Å². The van der Waals surface area contributed by atoms with E-state index in [1.807, 2.05) is 6.07 Å². The van der Waals surface area contributed by atoms with Gasteiger partial charge in [0.2, 0.25) is 10.0 Å². The number of methoxy groups -OCH3 is 1. The van der Waals surface area contributed by atoms with E-state index in [9.17, 15) is 13.2 Å². The Kier molecular flexibility index (Phi) is 5.99. The number of nitrogens with one attached hydrogen (secondary N) is 1. The topological polar surface area (TPSA) is 92.4 Å². The molecule has 0 aliphatic heterocycles. The van der Waals surface area contributed by atoms with Crippen LogP contribution in [0.1, 0.15) is 29.8 Å². The van der Waals surface area contributed by atoms with Crippen molar-refractivity contribution in [3.63, 3.8) is 0 Å². The fraction of sp³-hybridized carbons (Fsp3) is 0.364. The molecule has 0 atom stereocenters. The second-order valence-electron chi connectivity index (χ2n) is 7.50. The maximum atomic E-state index is 13.4. The van der Waals surface area contributed by atoms with Gasteiger partial charge in [-0.1, -0.05) is 18.2 Å². The molecule has 2 aromatic carbocycles. The molecule has 0 bridgehead atoms. The lowest BCUT2D eigenvalue weighted by molar-refractivity contribution is 0.176. The molecule has 0 amide bonds. The molecular weight excluding hydrogens is 402 g/mol. The highest BCUT2D eigenvalue weighted by molar-refractivity contribution is 7.89. The van der Waals surface area contributed by atoms with Gasteiger partial charge in [-0.15, -0.1) is 0 Å². The average molecular weight is 428 g/mol. The van der Waals surface area contributed by atoms with E-state index < -0.39 is 10.0 Å². The number of aromatic amines is 1. The van der Waals surface area contributed by atoms with Crippen molar-refractivity contribution in [2.24, 2.45) is 0 Å². The van der Waals surface area contributed by atoms with Crippen molar-refractivity contribution in [1.29, 1.82) is 0 Å². The lowest BCUT2D eigenvalue weighted by atomic mass is 9.92. The van der Waals surface area contributed by atoms with Crippen molar-refractivity contribution in [3.8, 4) is 0 Å². The van der Waals surface area contributed by atoms with Crippen LogP contribution in [0.3, 0.4) is 0 Å². The molecule has 0 radical (unpaired) electrons. The highest BCUT2D eigenvalue weighted by atomic mass is 32.2. The van der Waals surface area contributed by atoms with Crippen molar-refractivity contribution in [1.82, 2.24) is 14.3 Å². The molecule has 1 aliphatic carbocycles. The van der Waals surface area contributed by atoms with Crippen molar-refractivity contribution >= 4 is 20.9 Å². The maximum Gasteiger partial charge on any atom is 0.258 e. The van der Waals surface area contributed by atoms with E-state index in [0.29, 0.717) is 16.7 Å². The molecule has 0 saturated carbocycles. The van der Waals surface area contributed by atoms with Crippen LogP contribution < -0.4 is 5.56 Å². The van der Waals surface area contributed by atoms with Crippen LogP contribution in [0, 0.1) is 0 Å². The van der Waals surface area contributed by atoms with Crippen LogP contribution in [0.2, 0.25) is 0 Å². The standard InChI is InChI=1S/C22H25N3O4S/c1-29-13-12-25(15-21-23-20-9-5-4-8-19(20)22(26)24-21)30(27,28)18-11-10-16-6-2-3-7-17(16)14-18/h4-5,8-11,14H,2-3,6-7,12-13,15H2,1H3,(H,23,24,26). The first kappa shape index (κ1) is 20.7. The van der Waals surface area contributed by atoms with Gasteiger partial charge in [-0.3, -0.25) is 4.79 Å². The first-order valence-electron chi connectivity index (χ1n) is 10.1. The number of hydrogen-bond acceptors (Lipinski definition) is 5. The summed E-state index contributed by atoms with van der Waals surface area (Å²) in [5, 5.41) is 0.474. The molecule has 30 heavy (non-hydrogen) atoms. The summed E-state index contributed by atoms with van der Waals surface area (Å²) in [4.78, 5) is 19.8. The van der Waals surface area contributed by atoms with Gasteiger partial charge in [0.15, 0.2) is 0 Å². The Morgan fingerprint density at radius 1 is 1.10 bits per heavy atom. The van der Waals surface area contributed by atoms with Gasteiger partial charge in [0, 0.05) is 13.7 Å². The van der Waals surface area contributed by atoms with Crippen molar-refractivity contribution in [3.05, 3.63) is 69.8 Å². The van der Waals surface area contributed by atoms with Crippen LogP contribution in [0.5, 0.6) is 0 Å². The lowest BCUT2D eigenvalue weighted by Crippen LogP contribution is -2.35. The number of sulfonamides is 1. The van der Waals surface area contributed by atoms with Crippen LogP contribution in [-0.2, 0) is 34.1 Å². The molecule has 158 valence electrons. The zero-order chi connectivity index (χ0) is 21.1. The predicted molar refractivity (Wildman–Crippen MR) is 115 cm³/mol. The summed E-state index contributed by atoms with van der Waals surface area (Å²) in [7, 11) is -2.25. The quantitative estimate of drug-likeness (QED) is 0.626. The number of aromatic nitrogens is 2. The number of benzene rings is 2. The van der Waals surface area contributed by atoms with E-state index in [2.05, 4.69) is 9.97 Å². The summed E-state index contributed by atoms with van der Waals surface area (Å²) in [5.41, 5.74) is 2.58. The number of ether oxygens (including phenoxy) is 1. The summed E-state index contributed by atoms with van der Waals surface area (Å²) in [6, 6.07) is 12.4. The molecule has 1 aromatic heterocycles. The molecule has 1 heterocycles. The Labute approximate surface area is 175 Å². The van der Waals surface area contributed by atoms with Gasteiger partial charge in [-0.25, -0.2) is 13.4 Å². The highest BCUT2D eigenvalue weighted by Crippen LogP contribution is 2.26. The molecule has 4 rings (SSSR count). The van der Waals surface area contributed by atoms with Gasteiger partial charge < -0.3 is 9.72 Å². The Morgan fingerprint density at radius 3 is 2.67 bits per heavy atom. The minimum absolute atomic E-state index is 0.0388. The Hall–Kier alpha value is -2.55. The predicted octanol–water partition coefficient (Wildman–Crippen LogP) is 2.64. The van der Waals surface area contributed by atoms with Crippen molar-refractivity contribution < 1.29 is 13.2 Å². The number of rotatable bonds is 7.